The van der Waals surface area contributed by atoms with Gasteiger partial charge in [-0.25, -0.2) is 13.1 Å². The molecule has 24 heavy (non-hydrogen) atoms. The van der Waals surface area contributed by atoms with Crippen molar-refractivity contribution in [1.29, 1.82) is 0 Å². The monoisotopic (exact) mass is 368 g/mol. The number of hydrogen-bond acceptors (Lipinski definition) is 6. The van der Waals surface area contributed by atoms with Crippen molar-refractivity contribution in [3.05, 3.63) is 48.4 Å². The smallest absolute Gasteiger partial charge is 0.264 e. The average molecular weight is 368 g/mol. The summed E-state index contributed by atoms with van der Waals surface area (Å²) in [6.45, 7) is 1.12. The van der Waals surface area contributed by atoms with E-state index < -0.39 is 15.9 Å². The molecule has 0 fully saturated rings. The highest BCUT2D eigenvalue weighted by Gasteiger charge is 2.15. The van der Waals surface area contributed by atoms with Crippen LogP contribution in [0.2, 0.25) is 0 Å². The second kappa shape index (κ2) is 8.02. The molecule has 2 amide bonds. The van der Waals surface area contributed by atoms with E-state index >= 15 is 0 Å². The lowest BCUT2D eigenvalue weighted by Crippen LogP contribution is -2.28. The van der Waals surface area contributed by atoms with E-state index in [9.17, 15) is 18.0 Å². The summed E-state index contributed by atoms with van der Waals surface area (Å²) in [5.41, 5.74) is 0.473. The van der Waals surface area contributed by atoms with E-state index in [0.29, 0.717) is 11.4 Å². The normalized spacial score (nSPS) is 11.0. The van der Waals surface area contributed by atoms with Gasteiger partial charge in [0.2, 0.25) is 11.8 Å². The third-order valence-corrected chi connectivity index (χ3v) is 5.19. The summed E-state index contributed by atoms with van der Waals surface area (Å²) < 4.78 is 30.6. The van der Waals surface area contributed by atoms with Crippen molar-refractivity contribution in [3.63, 3.8) is 0 Å². The first-order valence-electron chi connectivity index (χ1n) is 6.90. The number of carbonyl (C=O) groups is 2. The fourth-order valence-corrected chi connectivity index (χ4v) is 3.52. The molecule has 2 aromatic rings. The fourth-order valence-electron chi connectivity index (χ4n) is 1.80. The molecule has 1 aromatic carbocycles. The average Bonchev–Trinajstić information content (AvgIpc) is 3.00. The van der Waals surface area contributed by atoms with Crippen molar-refractivity contribution >= 4 is 39.3 Å². The van der Waals surface area contributed by atoms with Crippen molar-refractivity contribution in [2.75, 3.05) is 11.1 Å². The lowest BCUT2D eigenvalue weighted by Gasteiger charge is -2.07. The fraction of sp³-hybridized carbons (Fsp3) is 0.200. The van der Waals surface area contributed by atoms with Crippen LogP contribution in [0, 0.1) is 0 Å². The van der Waals surface area contributed by atoms with E-state index in [1.54, 1.807) is 12.3 Å². The van der Waals surface area contributed by atoms with E-state index in [1.165, 1.54) is 36.0 Å². The summed E-state index contributed by atoms with van der Waals surface area (Å²) in [4.78, 5) is 22.7. The van der Waals surface area contributed by atoms with E-state index in [-0.39, 0.29) is 16.6 Å². The molecule has 1 heterocycles. The molecule has 0 radical (unpaired) electrons. The van der Waals surface area contributed by atoms with Gasteiger partial charge in [0.1, 0.15) is 5.76 Å². The predicted octanol–water partition coefficient (Wildman–Crippen LogP) is 1.98. The maximum absolute atomic E-state index is 11.8. The molecule has 0 bridgehead atoms. The molecule has 7 nitrogen and oxygen atoms in total. The van der Waals surface area contributed by atoms with Crippen LogP contribution >= 0.6 is 11.8 Å². The highest BCUT2D eigenvalue weighted by molar-refractivity contribution is 7.99. The minimum atomic E-state index is -3.87. The first kappa shape index (κ1) is 18.1. The van der Waals surface area contributed by atoms with Gasteiger partial charge in [-0.05, 0) is 36.4 Å². The zero-order valence-electron chi connectivity index (χ0n) is 12.8. The molecule has 0 spiro atoms. The Morgan fingerprint density at radius 1 is 1.17 bits per heavy atom. The van der Waals surface area contributed by atoms with Crippen LogP contribution in [-0.4, -0.2) is 26.0 Å². The molecule has 0 aliphatic rings. The molecular formula is C15H16N2O5S2. The molecule has 0 unspecified atom stereocenters. The van der Waals surface area contributed by atoms with E-state index in [0.717, 1.165) is 12.7 Å². The Labute approximate surface area is 143 Å². The Kier molecular flexibility index (Phi) is 6.04. The maximum atomic E-state index is 11.8. The van der Waals surface area contributed by atoms with E-state index in [4.69, 9.17) is 4.42 Å². The minimum absolute atomic E-state index is 0.0529. The molecule has 9 heteroatoms. The molecule has 0 aliphatic carbocycles. The zero-order chi connectivity index (χ0) is 17.6. The topological polar surface area (TPSA) is 105 Å². The van der Waals surface area contributed by atoms with Gasteiger partial charge >= 0.3 is 0 Å². The number of hydrogen-bond donors (Lipinski definition) is 2. The Hall–Kier alpha value is -2.26. The van der Waals surface area contributed by atoms with Gasteiger partial charge in [0.25, 0.3) is 10.0 Å². The van der Waals surface area contributed by atoms with Gasteiger partial charge in [-0.15, -0.1) is 11.8 Å². The van der Waals surface area contributed by atoms with Gasteiger partial charge in [-0.1, -0.05) is 0 Å². The molecule has 2 N–H and O–H groups in total. The Morgan fingerprint density at radius 2 is 1.88 bits per heavy atom. The number of sulfonamides is 1. The van der Waals surface area contributed by atoms with Gasteiger partial charge in [0.15, 0.2) is 0 Å². The molecule has 1 aromatic heterocycles. The minimum Gasteiger partial charge on any atom is -0.468 e. The summed E-state index contributed by atoms with van der Waals surface area (Å²) in [7, 11) is -3.87. The van der Waals surface area contributed by atoms with Crippen LogP contribution in [0.4, 0.5) is 5.69 Å². The number of nitrogens with one attached hydrogen (secondary N) is 2. The second-order valence-electron chi connectivity index (χ2n) is 4.81. The molecule has 2 rings (SSSR count). The van der Waals surface area contributed by atoms with Crippen LogP contribution < -0.4 is 10.0 Å². The van der Waals surface area contributed by atoms with Gasteiger partial charge < -0.3 is 9.73 Å². The van der Waals surface area contributed by atoms with Crippen molar-refractivity contribution in [2.24, 2.45) is 0 Å². The summed E-state index contributed by atoms with van der Waals surface area (Å²) in [5.74, 6) is 0.756. The number of thioether (sulfide) groups is 1. The second-order valence-corrected chi connectivity index (χ2v) is 7.47. The number of benzene rings is 1. The molecule has 0 aliphatic heterocycles. The Morgan fingerprint density at radius 3 is 2.46 bits per heavy atom. The quantitative estimate of drug-likeness (QED) is 0.774. The van der Waals surface area contributed by atoms with Crippen LogP contribution in [0.15, 0.2) is 52.0 Å². The number of carbonyl (C=O) groups excluding carboxylic acids is 2. The zero-order valence-corrected chi connectivity index (χ0v) is 14.4. The predicted molar refractivity (Wildman–Crippen MR) is 90.9 cm³/mol. The molecule has 0 saturated heterocycles. The Balaban J connectivity index is 1.86. The van der Waals surface area contributed by atoms with Gasteiger partial charge in [0.05, 0.1) is 22.7 Å². The molecule has 0 saturated carbocycles. The summed E-state index contributed by atoms with van der Waals surface area (Å²) in [6, 6.07) is 9.17. The first-order valence-corrected chi connectivity index (χ1v) is 9.54. The summed E-state index contributed by atoms with van der Waals surface area (Å²) >= 11 is 1.40. The lowest BCUT2D eigenvalue weighted by atomic mass is 10.3. The first-order chi connectivity index (χ1) is 11.4. The van der Waals surface area contributed by atoms with Crippen LogP contribution in [0.3, 0.4) is 0 Å². The van der Waals surface area contributed by atoms with Crippen LogP contribution in [0.5, 0.6) is 0 Å². The van der Waals surface area contributed by atoms with E-state index in [2.05, 4.69) is 5.32 Å². The largest absolute Gasteiger partial charge is 0.468 e. The lowest BCUT2D eigenvalue weighted by molar-refractivity contribution is -0.117. The molecular weight excluding hydrogens is 352 g/mol. The van der Waals surface area contributed by atoms with E-state index in [1.807, 2.05) is 10.8 Å². The van der Waals surface area contributed by atoms with Crippen LogP contribution in [0.1, 0.15) is 12.7 Å². The Bertz CT molecular complexity index is 799. The highest BCUT2D eigenvalue weighted by Crippen LogP contribution is 2.16. The van der Waals surface area contributed by atoms with Crippen molar-refractivity contribution in [3.8, 4) is 0 Å². The number of anilines is 1. The SMILES string of the molecule is CC(=O)NS(=O)(=O)c1ccc(NC(=O)CSCc2ccco2)cc1. The molecule has 0 atom stereocenters. The van der Waals surface area contributed by atoms with Crippen molar-refractivity contribution < 1.29 is 22.4 Å². The van der Waals surface area contributed by atoms with Gasteiger partial charge in [0, 0.05) is 12.6 Å². The summed E-state index contributed by atoms with van der Waals surface area (Å²) in [6.07, 6.45) is 1.58. The van der Waals surface area contributed by atoms with Crippen LogP contribution in [0.25, 0.3) is 0 Å². The van der Waals surface area contributed by atoms with Crippen molar-refractivity contribution in [2.45, 2.75) is 17.6 Å². The van der Waals surface area contributed by atoms with Gasteiger partial charge in [-0.2, -0.15) is 0 Å². The number of rotatable bonds is 7. The van der Waals surface area contributed by atoms with Crippen LogP contribution in [-0.2, 0) is 25.4 Å². The third kappa shape index (κ3) is 5.43. The molecule has 128 valence electrons. The van der Waals surface area contributed by atoms with Crippen molar-refractivity contribution in [1.82, 2.24) is 4.72 Å². The maximum Gasteiger partial charge on any atom is 0.264 e. The van der Waals surface area contributed by atoms with Gasteiger partial charge in [-0.3, -0.25) is 9.59 Å². The number of furan rings is 1. The number of amides is 2. The summed E-state index contributed by atoms with van der Waals surface area (Å²) in [5, 5.41) is 2.67. The standard InChI is InChI=1S/C15H16N2O5S2/c1-11(18)17-24(20,21)14-6-4-12(5-7-14)16-15(19)10-23-9-13-3-2-8-22-13/h2-8H,9-10H2,1H3,(H,16,19)(H,17,18). The third-order valence-electron chi connectivity index (χ3n) is 2.78. The highest BCUT2D eigenvalue weighted by atomic mass is 32.2.